The number of piperazine rings is 1. The van der Waals surface area contributed by atoms with E-state index in [1.165, 1.54) is 0 Å². The van der Waals surface area contributed by atoms with Crippen LogP contribution in [0.2, 0.25) is 0 Å². The third kappa shape index (κ3) is 2.90. The molecule has 2 saturated heterocycles. The van der Waals surface area contributed by atoms with Crippen LogP contribution in [0.1, 0.15) is 13.3 Å². The Morgan fingerprint density at radius 3 is 3.19 bits per heavy atom. The molecule has 3 rings (SSSR count). The maximum Gasteiger partial charge on any atom is 0.317 e. The van der Waals surface area contributed by atoms with Gasteiger partial charge in [0.25, 0.3) is 0 Å². The molecule has 0 saturated carbocycles. The minimum Gasteiger partial charge on any atom is -0.354 e. The summed E-state index contributed by atoms with van der Waals surface area (Å²) in [6, 6.07) is 0.270. The number of nitrogens with one attached hydrogen (secondary N) is 2. The average molecular weight is 355 g/mol. The molecule has 0 aromatic carbocycles. The van der Waals surface area contributed by atoms with Crippen LogP contribution in [-0.4, -0.2) is 59.7 Å². The fraction of sp³-hybridized carbons (Fsp3) is 0.615. The number of halogens is 1. The Kier molecular flexibility index (Phi) is 4.14. The molecule has 0 spiro atoms. The van der Waals surface area contributed by atoms with E-state index in [1.54, 1.807) is 6.20 Å². The maximum atomic E-state index is 11.6. The smallest absolute Gasteiger partial charge is 0.317 e. The molecule has 1 aromatic heterocycles. The van der Waals surface area contributed by atoms with Crippen molar-refractivity contribution in [1.82, 2.24) is 20.2 Å². The molecule has 2 N–H and O–H groups in total. The van der Waals surface area contributed by atoms with Crippen molar-refractivity contribution in [2.24, 2.45) is 0 Å². The van der Waals surface area contributed by atoms with Crippen molar-refractivity contribution >= 4 is 33.7 Å². The van der Waals surface area contributed by atoms with Crippen molar-refractivity contribution in [2.75, 3.05) is 42.9 Å². The van der Waals surface area contributed by atoms with Gasteiger partial charge >= 0.3 is 6.03 Å². The third-order valence-corrected chi connectivity index (χ3v) is 4.35. The van der Waals surface area contributed by atoms with Crippen LogP contribution in [-0.2, 0) is 0 Å². The van der Waals surface area contributed by atoms with Crippen molar-refractivity contribution in [3.05, 3.63) is 10.7 Å². The summed E-state index contributed by atoms with van der Waals surface area (Å²) < 4.78 is 0.885. The third-order valence-electron chi connectivity index (χ3n) is 3.79. The zero-order chi connectivity index (χ0) is 14.8. The molecule has 3 heterocycles. The number of amides is 2. The zero-order valence-corrected chi connectivity index (χ0v) is 13.6. The second-order valence-electron chi connectivity index (χ2n) is 5.27. The standard InChI is InChI=1S/C13H19BrN6O/c1-2-3-15-12-16-7-10(14)11(18-12)19-4-5-20-9(8-19)6-17-13(20)21/h7,9H,2-6,8H2,1H3,(H,17,21)(H,15,16,18). The molecule has 21 heavy (non-hydrogen) atoms. The molecule has 2 aliphatic rings. The Morgan fingerprint density at radius 2 is 2.38 bits per heavy atom. The Labute approximate surface area is 132 Å². The predicted molar refractivity (Wildman–Crippen MR) is 84.6 cm³/mol. The van der Waals surface area contributed by atoms with E-state index < -0.39 is 0 Å². The highest BCUT2D eigenvalue weighted by Gasteiger charge is 2.36. The largest absolute Gasteiger partial charge is 0.354 e. The first-order valence-electron chi connectivity index (χ1n) is 7.25. The van der Waals surface area contributed by atoms with E-state index in [2.05, 4.69) is 48.4 Å². The molecule has 2 amide bonds. The molecule has 1 atom stereocenters. The first-order valence-corrected chi connectivity index (χ1v) is 8.04. The van der Waals surface area contributed by atoms with Gasteiger partial charge in [0.1, 0.15) is 5.82 Å². The van der Waals surface area contributed by atoms with Gasteiger partial charge in [-0.25, -0.2) is 9.78 Å². The first kappa shape index (κ1) is 14.4. The summed E-state index contributed by atoms with van der Waals surface area (Å²) >= 11 is 3.53. The van der Waals surface area contributed by atoms with Crippen LogP contribution in [0.4, 0.5) is 16.6 Å². The van der Waals surface area contributed by atoms with Crippen LogP contribution in [0.5, 0.6) is 0 Å². The molecule has 1 unspecified atom stereocenters. The topological polar surface area (TPSA) is 73.4 Å². The van der Waals surface area contributed by atoms with Crippen LogP contribution in [0.15, 0.2) is 10.7 Å². The van der Waals surface area contributed by atoms with Crippen LogP contribution in [0.25, 0.3) is 0 Å². The van der Waals surface area contributed by atoms with Gasteiger partial charge in [-0.05, 0) is 22.4 Å². The molecule has 2 fully saturated rings. The van der Waals surface area contributed by atoms with E-state index >= 15 is 0 Å². The molecule has 0 bridgehead atoms. The van der Waals surface area contributed by atoms with Gasteiger partial charge in [0.05, 0.1) is 10.5 Å². The molecule has 0 radical (unpaired) electrons. The Balaban J connectivity index is 1.75. The van der Waals surface area contributed by atoms with Gasteiger partial charge in [-0.3, -0.25) is 0 Å². The van der Waals surface area contributed by atoms with Crippen LogP contribution < -0.4 is 15.5 Å². The van der Waals surface area contributed by atoms with Crippen LogP contribution >= 0.6 is 15.9 Å². The van der Waals surface area contributed by atoms with Gasteiger partial charge < -0.3 is 20.4 Å². The summed E-state index contributed by atoms with van der Waals surface area (Å²) in [4.78, 5) is 24.6. The van der Waals surface area contributed by atoms with Gasteiger partial charge in [0.15, 0.2) is 0 Å². The van der Waals surface area contributed by atoms with Crippen molar-refractivity contribution in [1.29, 1.82) is 0 Å². The number of aromatic nitrogens is 2. The molecular weight excluding hydrogens is 336 g/mol. The van der Waals surface area contributed by atoms with Crippen molar-refractivity contribution in [2.45, 2.75) is 19.4 Å². The molecule has 8 heteroatoms. The molecule has 0 aliphatic carbocycles. The number of rotatable bonds is 4. The van der Waals surface area contributed by atoms with E-state index in [4.69, 9.17) is 0 Å². The van der Waals surface area contributed by atoms with E-state index in [9.17, 15) is 4.79 Å². The minimum atomic E-state index is 0.0479. The Hall–Kier alpha value is -1.57. The number of fused-ring (bicyclic) bond motifs is 1. The number of hydrogen-bond acceptors (Lipinski definition) is 5. The van der Waals surface area contributed by atoms with Gasteiger partial charge in [-0.1, -0.05) is 6.92 Å². The van der Waals surface area contributed by atoms with Gasteiger partial charge in [0, 0.05) is 38.9 Å². The second kappa shape index (κ2) is 6.05. The fourth-order valence-electron chi connectivity index (χ4n) is 2.70. The normalized spacial score (nSPS) is 21.2. The lowest BCUT2D eigenvalue weighted by molar-refractivity contribution is 0.197. The summed E-state index contributed by atoms with van der Waals surface area (Å²) in [5.74, 6) is 1.54. The molecule has 7 nitrogen and oxygen atoms in total. The number of carbonyl (C=O) groups is 1. The number of hydrogen-bond donors (Lipinski definition) is 2. The Morgan fingerprint density at radius 1 is 1.52 bits per heavy atom. The van der Waals surface area contributed by atoms with Crippen molar-refractivity contribution in [3.8, 4) is 0 Å². The number of urea groups is 1. The lowest BCUT2D eigenvalue weighted by Crippen LogP contribution is -2.52. The van der Waals surface area contributed by atoms with Crippen LogP contribution in [0.3, 0.4) is 0 Å². The Bertz CT molecular complexity index is 539. The molecular formula is C13H19BrN6O. The second-order valence-corrected chi connectivity index (χ2v) is 6.13. The van der Waals surface area contributed by atoms with E-state index in [0.717, 1.165) is 42.9 Å². The summed E-state index contributed by atoms with van der Waals surface area (Å²) in [5.41, 5.74) is 0. The zero-order valence-electron chi connectivity index (χ0n) is 12.0. The van der Waals surface area contributed by atoms with Crippen molar-refractivity contribution < 1.29 is 4.79 Å². The van der Waals surface area contributed by atoms with Gasteiger partial charge in [-0.15, -0.1) is 0 Å². The highest BCUT2D eigenvalue weighted by molar-refractivity contribution is 9.10. The molecule has 114 valence electrons. The maximum absolute atomic E-state index is 11.6. The quantitative estimate of drug-likeness (QED) is 0.851. The first-order chi connectivity index (χ1) is 10.2. The highest BCUT2D eigenvalue weighted by atomic mass is 79.9. The van der Waals surface area contributed by atoms with E-state index in [1.807, 2.05) is 4.90 Å². The fourth-order valence-corrected chi connectivity index (χ4v) is 3.14. The van der Waals surface area contributed by atoms with E-state index in [0.29, 0.717) is 12.5 Å². The minimum absolute atomic E-state index is 0.0479. The summed E-state index contributed by atoms with van der Waals surface area (Å²) in [5, 5.41) is 6.10. The summed E-state index contributed by atoms with van der Waals surface area (Å²) in [7, 11) is 0. The monoisotopic (exact) mass is 354 g/mol. The highest BCUT2D eigenvalue weighted by Crippen LogP contribution is 2.27. The summed E-state index contributed by atoms with van der Waals surface area (Å²) in [6.07, 6.45) is 2.81. The lowest BCUT2D eigenvalue weighted by atomic mass is 10.2. The number of nitrogens with zero attached hydrogens (tertiary/aromatic N) is 4. The van der Waals surface area contributed by atoms with Crippen LogP contribution in [0, 0.1) is 0 Å². The predicted octanol–water partition coefficient (Wildman–Crippen LogP) is 1.27. The van der Waals surface area contributed by atoms with E-state index in [-0.39, 0.29) is 12.1 Å². The SMILES string of the molecule is CCCNc1ncc(Br)c(N2CCN3C(=O)NCC3C2)n1. The lowest BCUT2D eigenvalue weighted by Gasteiger charge is -2.37. The van der Waals surface area contributed by atoms with Crippen molar-refractivity contribution in [3.63, 3.8) is 0 Å². The number of carbonyl (C=O) groups excluding carboxylic acids is 1. The van der Waals surface area contributed by atoms with Gasteiger partial charge in [-0.2, -0.15) is 4.98 Å². The molecule has 1 aromatic rings. The van der Waals surface area contributed by atoms with Gasteiger partial charge in [0.2, 0.25) is 5.95 Å². The number of anilines is 2. The average Bonchev–Trinajstić information content (AvgIpc) is 2.87. The summed E-state index contributed by atoms with van der Waals surface area (Å²) in [6.45, 7) is 5.98. The molecule has 2 aliphatic heterocycles.